The molecular weight excluding hydrogens is 288 g/mol. The van der Waals surface area contributed by atoms with Gasteiger partial charge in [-0.25, -0.2) is 0 Å². The van der Waals surface area contributed by atoms with Crippen molar-refractivity contribution >= 4 is 17.5 Å². The van der Waals surface area contributed by atoms with Crippen LogP contribution in [-0.4, -0.2) is 29.8 Å². The van der Waals surface area contributed by atoms with E-state index >= 15 is 0 Å². The van der Waals surface area contributed by atoms with Gasteiger partial charge in [0.1, 0.15) is 5.41 Å². The second kappa shape index (κ2) is 7.62. The van der Waals surface area contributed by atoms with Gasteiger partial charge in [0, 0.05) is 18.8 Å². The fourth-order valence-electron chi connectivity index (χ4n) is 2.89. The molecule has 1 fully saturated rings. The summed E-state index contributed by atoms with van der Waals surface area (Å²) in [5.41, 5.74) is 1.18. The molecule has 0 saturated heterocycles. The lowest BCUT2D eigenvalue weighted by Crippen LogP contribution is -2.43. The summed E-state index contributed by atoms with van der Waals surface area (Å²) in [4.78, 5) is 27.3. The second-order valence-corrected chi connectivity index (χ2v) is 6.38. The summed E-state index contributed by atoms with van der Waals surface area (Å²) in [6, 6.07) is 7.84. The number of amides is 2. The molecule has 1 N–H and O–H groups in total. The third-order valence-electron chi connectivity index (χ3n) is 4.49. The Morgan fingerprint density at radius 3 is 2.04 bits per heavy atom. The number of hydrogen-bond acceptors (Lipinski definition) is 2. The highest BCUT2D eigenvalue weighted by atomic mass is 16.2. The van der Waals surface area contributed by atoms with Crippen LogP contribution in [0.25, 0.3) is 0 Å². The lowest BCUT2D eigenvalue weighted by molar-refractivity contribution is -0.142. The molecule has 0 heterocycles. The van der Waals surface area contributed by atoms with Gasteiger partial charge in [0.2, 0.25) is 11.8 Å². The number of hydrogen-bond donors (Lipinski definition) is 1. The molecule has 1 aromatic carbocycles. The summed E-state index contributed by atoms with van der Waals surface area (Å²) in [5.74, 6) is -0.146. The van der Waals surface area contributed by atoms with Crippen molar-refractivity contribution in [3.05, 3.63) is 29.8 Å². The Balaban J connectivity index is 2.05. The fourth-order valence-corrected chi connectivity index (χ4v) is 2.89. The molecule has 0 aromatic heterocycles. The molecule has 4 heteroatoms. The molecule has 0 spiro atoms. The second-order valence-electron chi connectivity index (χ2n) is 6.38. The van der Waals surface area contributed by atoms with Gasteiger partial charge >= 0.3 is 0 Å². The maximum atomic E-state index is 12.8. The van der Waals surface area contributed by atoms with E-state index in [1.807, 2.05) is 29.2 Å². The Kier molecular flexibility index (Phi) is 5.80. The Labute approximate surface area is 139 Å². The molecule has 2 amide bonds. The van der Waals surface area contributed by atoms with Gasteiger partial charge in [-0.05, 0) is 49.8 Å². The van der Waals surface area contributed by atoms with Crippen LogP contribution in [0, 0.1) is 5.41 Å². The van der Waals surface area contributed by atoms with E-state index in [9.17, 15) is 9.59 Å². The van der Waals surface area contributed by atoms with Gasteiger partial charge in [-0.3, -0.25) is 9.59 Å². The summed E-state index contributed by atoms with van der Waals surface area (Å²) in [5, 5.41) is 2.93. The highest BCUT2D eigenvalue weighted by Gasteiger charge is 2.57. The molecule has 0 radical (unpaired) electrons. The third-order valence-corrected chi connectivity index (χ3v) is 4.49. The first kappa shape index (κ1) is 17.5. The smallest absolute Gasteiger partial charge is 0.240 e. The van der Waals surface area contributed by atoms with Crippen molar-refractivity contribution in [3.63, 3.8) is 0 Å². The maximum absolute atomic E-state index is 12.8. The molecule has 23 heavy (non-hydrogen) atoms. The number of aryl methyl sites for hydroxylation is 1. The van der Waals surface area contributed by atoms with Crippen LogP contribution >= 0.6 is 0 Å². The van der Waals surface area contributed by atoms with Gasteiger partial charge in [0.15, 0.2) is 0 Å². The predicted octanol–water partition coefficient (Wildman–Crippen LogP) is 3.62. The molecular formula is C19H28N2O2. The first-order chi connectivity index (χ1) is 11.1. The van der Waals surface area contributed by atoms with Crippen LogP contribution in [0.3, 0.4) is 0 Å². The van der Waals surface area contributed by atoms with Crippen molar-refractivity contribution in [1.82, 2.24) is 4.90 Å². The van der Waals surface area contributed by atoms with E-state index in [-0.39, 0.29) is 11.8 Å². The Bertz CT molecular complexity index is 541. The van der Waals surface area contributed by atoms with E-state index < -0.39 is 5.41 Å². The van der Waals surface area contributed by atoms with Crippen molar-refractivity contribution in [2.24, 2.45) is 5.41 Å². The number of benzene rings is 1. The molecule has 1 aliphatic rings. The van der Waals surface area contributed by atoms with Gasteiger partial charge in [-0.1, -0.05) is 32.9 Å². The number of rotatable bonds is 8. The van der Waals surface area contributed by atoms with Gasteiger partial charge in [0.25, 0.3) is 0 Å². The average Bonchev–Trinajstić information content (AvgIpc) is 3.36. The summed E-state index contributed by atoms with van der Waals surface area (Å²) < 4.78 is 0. The minimum Gasteiger partial charge on any atom is -0.342 e. The summed E-state index contributed by atoms with van der Waals surface area (Å²) in [6.45, 7) is 7.68. The van der Waals surface area contributed by atoms with E-state index in [1.54, 1.807) is 0 Å². The third kappa shape index (κ3) is 3.92. The van der Waals surface area contributed by atoms with Gasteiger partial charge < -0.3 is 10.2 Å². The predicted molar refractivity (Wildman–Crippen MR) is 93.3 cm³/mol. The highest BCUT2D eigenvalue weighted by molar-refractivity contribution is 6.13. The normalized spacial score (nSPS) is 15.1. The molecule has 0 atom stereocenters. The van der Waals surface area contributed by atoms with Crippen LogP contribution in [0.2, 0.25) is 0 Å². The summed E-state index contributed by atoms with van der Waals surface area (Å²) >= 11 is 0. The minimum atomic E-state index is -0.826. The molecule has 1 aromatic rings. The first-order valence-corrected chi connectivity index (χ1v) is 8.77. The lowest BCUT2D eigenvalue weighted by Gasteiger charge is -2.26. The van der Waals surface area contributed by atoms with E-state index in [1.165, 1.54) is 5.56 Å². The molecule has 126 valence electrons. The highest BCUT2D eigenvalue weighted by Crippen LogP contribution is 2.48. The van der Waals surface area contributed by atoms with Crippen molar-refractivity contribution < 1.29 is 9.59 Å². The minimum absolute atomic E-state index is 0.00359. The van der Waals surface area contributed by atoms with Crippen molar-refractivity contribution in [1.29, 1.82) is 0 Å². The molecule has 4 nitrogen and oxygen atoms in total. The molecule has 0 unspecified atom stereocenters. The van der Waals surface area contributed by atoms with E-state index in [4.69, 9.17) is 0 Å². The van der Waals surface area contributed by atoms with Crippen LogP contribution < -0.4 is 5.32 Å². The van der Waals surface area contributed by atoms with Gasteiger partial charge in [-0.15, -0.1) is 0 Å². The molecule has 0 aliphatic heterocycles. The largest absolute Gasteiger partial charge is 0.342 e. The fraction of sp³-hybridized carbons (Fsp3) is 0.579. The SMILES string of the molecule is CCCN(CCC)C(=O)C1(C(=O)Nc2ccc(CC)cc2)CC1. The van der Waals surface area contributed by atoms with E-state index in [0.29, 0.717) is 12.8 Å². The van der Waals surface area contributed by atoms with Crippen molar-refractivity contribution in [2.45, 2.75) is 52.9 Å². The zero-order valence-corrected chi connectivity index (χ0v) is 14.5. The molecule has 2 rings (SSSR count). The van der Waals surface area contributed by atoms with Gasteiger partial charge in [-0.2, -0.15) is 0 Å². The zero-order chi connectivity index (χ0) is 16.9. The first-order valence-electron chi connectivity index (χ1n) is 8.77. The van der Waals surface area contributed by atoms with Crippen LogP contribution in [0.1, 0.15) is 52.0 Å². The average molecular weight is 316 g/mol. The summed E-state index contributed by atoms with van der Waals surface area (Å²) in [6.07, 6.45) is 4.13. The number of carbonyl (C=O) groups is 2. The van der Waals surface area contributed by atoms with Crippen LogP contribution in [0.4, 0.5) is 5.69 Å². The Morgan fingerprint density at radius 2 is 1.61 bits per heavy atom. The van der Waals surface area contributed by atoms with Gasteiger partial charge in [0.05, 0.1) is 0 Å². The van der Waals surface area contributed by atoms with Crippen molar-refractivity contribution in [3.8, 4) is 0 Å². The Hall–Kier alpha value is -1.84. The van der Waals surface area contributed by atoms with E-state index in [2.05, 4.69) is 26.1 Å². The monoisotopic (exact) mass is 316 g/mol. The van der Waals surface area contributed by atoms with Crippen LogP contribution in [0.15, 0.2) is 24.3 Å². The maximum Gasteiger partial charge on any atom is 0.240 e. The molecule has 1 saturated carbocycles. The quantitative estimate of drug-likeness (QED) is 0.745. The van der Waals surface area contributed by atoms with E-state index in [0.717, 1.165) is 38.0 Å². The topological polar surface area (TPSA) is 49.4 Å². The van der Waals surface area contributed by atoms with Crippen molar-refractivity contribution in [2.75, 3.05) is 18.4 Å². The number of anilines is 1. The zero-order valence-electron chi connectivity index (χ0n) is 14.5. The standard InChI is InChI=1S/C19H28N2O2/c1-4-13-21(14-5-2)18(23)19(11-12-19)17(22)20-16-9-7-15(6-3)8-10-16/h7-10H,4-6,11-14H2,1-3H3,(H,20,22). The number of carbonyl (C=O) groups excluding carboxylic acids is 2. The number of nitrogens with zero attached hydrogens (tertiary/aromatic N) is 1. The lowest BCUT2D eigenvalue weighted by atomic mass is 10.0. The molecule has 0 bridgehead atoms. The number of nitrogens with one attached hydrogen (secondary N) is 1. The van der Waals surface area contributed by atoms with Crippen LogP contribution in [-0.2, 0) is 16.0 Å². The summed E-state index contributed by atoms with van der Waals surface area (Å²) in [7, 11) is 0. The van der Waals surface area contributed by atoms with Crippen LogP contribution in [0.5, 0.6) is 0 Å². The molecule has 1 aliphatic carbocycles. The Morgan fingerprint density at radius 1 is 1.04 bits per heavy atom.